The number of rotatable bonds is 1. The Balaban J connectivity index is 0.000000771. The third kappa shape index (κ3) is 2.87. The average Bonchev–Trinajstić information content (AvgIpc) is 2.51. The molecule has 3 nitrogen and oxygen atoms in total. The van der Waals surface area contributed by atoms with Crippen LogP contribution in [-0.4, -0.2) is 18.3 Å². The first kappa shape index (κ1) is 15.1. The van der Waals surface area contributed by atoms with Crippen LogP contribution in [0.1, 0.15) is 41.5 Å². The molecule has 0 spiro atoms. The summed E-state index contributed by atoms with van der Waals surface area (Å²) in [6.45, 7) is 12.2. The monoisotopic (exact) mass is 249 g/mol. The molecule has 1 heterocycles. The summed E-state index contributed by atoms with van der Waals surface area (Å²) in [5, 5.41) is 0. The van der Waals surface area contributed by atoms with Crippen LogP contribution in [0.3, 0.4) is 0 Å². The molecule has 1 aliphatic rings. The highest BCUT2D eigenvalue weighted by Crippen LogP contribution is 2.36. The van der Waals surface area contributed by atoms with E-state index < -0.39 is 0 Å². The summed E-state index contributed by atoms with van der Waals surface area (Å²) in [6.07, 6.45) is 0. The molecule has 0 bridgehead atoms. The fraction of sp³-hybridized carbons (Fsp3) is 0.571. The van der Waals surface area contributed by atoms with Gasteiger partial charge in [-0.05, 0) is 45.3 Å². The minimum atomic E-state index is -0.325. The predicted molar refractivity (Wildman–Crippen MR) is 77.9 cm³/mol. The summed E-state index contributed by atoms with van der Waals surface area (Å²) in [7, 11) is -0.325. The van der Waals surface area contributed by atoms with Gasteiger partial charge in [0.05, 0.1) is 11.2 Å². The first-order valence-electron chi connectivity index (χ1n) is 6.53. The lowest BCUT2D eigenvalue weighted by Gasteiger charge is -2.32. The lowest BCUT2D eigenvalue weighted by molar-refractivity contribution is 0.00578. The quantitative estimate of drug-likeness (QED) is 0.614. The van der Waals surface area contributed by atoms with Crippen molar-refractivity contribution in [1.82, 2.24) is 0 Å². The van der Waals surface area contributed by atoms with Crippen LogP contribution in [0.2, 0.25) is 0 Å². The minimum Gasteiger partial charge on any atom is -0.399 e. The van der Waals surface area contributed by atoms with E-state index in [0.717, 1.165) is 11.2 Å². The van der Waals surface area contributed by atoms with E-state index in [4.69, 9.17) is 15.0 Å². The topological polar surface area (TPSA) is 44.5 Å². The van der Waals surface area contributed by atoms with E-state index in [9.17, 15) is 0 Å². The maximum atomic E-state index is 5.93. The molecule has 0 radical (unpaired) electrons. The van der Waals surface area contributed by atoms with E-state index in [1.807, 2.05) is 65.8 Å². The molecule has 0 amide bonds. The van der Waals surface area contributed by atoms with Crippen molar-refractivity contribution in [1.29, 1.82) is 0 Å². The van der Waals surface area contributed by atoms with Crippen molar-refractivity contribution in [3.63, 3.8) is 0 Å². The number of hydrogen-bond donors (Lipinski definition) is 1. The van der Waals surface area contributed by atoms with Gasteiger partial charge in [-0.3, -0.25) is 0 Å². The Morgan fingerprint density at radius 1 is 1.00 bits per heavy atom. The lowest BCUT2D eigenvalue weighted by atomic mass is 9.79. The number of anilines is 1. The second-order valence-corrected chi connectivity index (χ2v) is 5.26. The molecule has 1 aliphatic heterocycles. The van der Waals surface area contributed by atoms with Crippen LogP contribution in [0.5, 0.6) is 0 Å². The predicted octanol–water partition coefficient (Wildman–Crippen LogP) is 2.59. The van der Waals surface area contributed by atoms with Gasteiger partial charge in [-0.15, -0.1) is 0 Å². The molecule has 1 saturated heterocycles. The highest BCUT2D eigenvalue weighted by Gasteiger charge is 2.51. The molecule has 0 aromatic heterocycles. The summed E-state index contributed by atoms with van der Waals surface area (Å²) >= 11 is 0. The Bertz CT molecular complexity index is 389. The second kappa shape index (κ2) is 5.33. The summed E-state index contributed by atoms with van der Waals surface area (Å²) in [5.74, 6) is 0. The van der Waals surface area contributed by atoms with E-state index >= 15 is 0 Å². The second-order valence-electron chi connectivity index (χ2n) is 5.26. The summed E-state index contributed by atoms with van der Waals surface area (Å²) in [4.78, 5) is 0. The number of nitrogens with two attached hydrogens (primary N) is 1. The molecule has 4 heteroatoms. The third-order valence-electron chi connectivity index (χ3n) is 3.44. The molecule has 1 aromatic rings. The van der Waals surface area contributed by atoms with Crippen molar-refractivity contribution in [2.45, 2.75) is 52.7 Å². The van der Waals surface area contributed by atoms with Crippen LogP contribution in [0.15, 0.2) is 24.3 Å². The van der Waals surface area contributed by atoms with Crippen LogP contribution in [0.25, 0.3) is 0 Å². The zero-order chi connectivity index (χ0) is 14.0. The van der Waals surface area contributed by atoms with Gasteiger partial charge in [0.15, 0.2) is 0 Å². The standard InChI is InChI=1S/C12H18BNO2.C2H6/c1-11(2)12(3,4)16-13(15-11)9-6-5-7-10(14)8-9;1-2/h5-8H,14H2,1-4H3;1-2H3. The number of nitrogen functional groups attached to an aromatic ring is 1. The maximum absolute atomic E-state index is 5.93. The smallest absolute Gasteiger partial charge is 0.399 e. The average molecular weight is 249 g/mol. The zero-order valence-electron chi connectivity index (χ0n) is 12.3. The zero-order valence-corrected chi connectivity index (χ0v) is 12.3. The van der Waals surface area contributed by atoms with Crippen molar-refractivity contribution in [2.24, 2.45) is 0 Å². The highest BCUT2D eigenvalue weighted by atomic mass is 16.7. The number of hydrogen-bond acceptors (Lipinski definition) is 3. The molecule has 0 saturated carbocycles. The fourth-order valence-corrected chi connectivity index (χ4v) is 1.68. The molecule has 1 aromatic carbocycles. The Morgan fingerprint density at radius 3 is 1.94 bits per heavy atom. The third-order valence-corrected chi connectivity index (χ3v) is 3.44. The molecule has 0 unspecified atom stereocenters. The Hall–Kier alpha value is -0.995. The Labute approximate surface area is 111 Å². The van der Waals surface area contributed by atoms with E-state index in [0.29, 0.717) is 0 Å². The first-order chi connectivity index (χ1) is 8.32. The van der Waals surface area contributed by atoms with Gasteiger partial charge in [0.25, 0.3) is 0 Å². The van der Waals surface area contributed by atoms with Gasteiger partial charge in [-0.1, -0.05) is 26.0 Å². The maximum Gasteiger partial charge on any atom is 0.494 e. The fourth-order valence-electron chi connectivity index (χ4n) is 1.68. The largest absolute Gasteiger partial charge is 0.494 e. The highest BCUT2D eigenvalue weighted by molar-refractivity contribution is 6.62. The van der Waals surface area contributed by atoms with Crippen LogP contribution >= 0.6 is 0 Å². The van der Waals surface area contributed by atoms with Gasteiger partial charge >= 0.3 is 7.12 Å². The molecule has 1 fully saturated rings. The van der Waals surface area contributed by atoms with E-state index in [1.165, 1.54) is 0 Å². The minimum absolute atomic E-state index is 0.303. The van der Waals surface area contributed by atoms with Crippen molar-refractivity contribution >= 4 is 18.3 Å². The molecule has 100 valence electrons. The SMILES string of the molecule is CC.CC1(C)OB(c2cccc(N)c2)OC1(C)C. The Morgan fingerprint density at radius 2 is 1.50 bits per heavy atom. The van der Waals surface area contributed by atoms with Crippen molar-refractivity contribution in [2.75, 3.05) is 5.73 Å². The summed E-state index contributed by atoms with van der Waals surface area (Å²) in [6, 6.07) is 7.63. The summed E-state index contributed by atoms with van der Waals surface area (Å²) < 4.78 is 11.9. The van der Waals surface area contributed by atoms with Crippen molar-refractivity contribution in [3.05, 3.63) is 24.3 Å². The van der Waals surface area contributed by atoms with E-state index in [-0.39, 0.29) is 18.3 Å². The van der Waals surface area contributed by atoms with Gasteiger partial charge in [-0.25, -0.2) is 0 Å². The van der Waals surface area contributed by atoms with Crippen LogP contribution in [-0.2, 0) is 9.31 Å². The first-order valence-corrected chi connectivity index (χ1v) is 6.53. The van der Waals surface area contributed by atoms with Crippen LogP contribution in [0.4, 0.5) is 5.69 Å². The molecule has 0 aliphatic carbocycles. The van der Waals surface area contributed by atoms with Gasteiger partial charge < -0.3 is 15.0 Å². The normalized spacial score (nSPS) is 20.2. The molecule has 0 atom stereocenters. The molecule has 2 N–H and O–H groups in total. The Kier molecular flexibility index (Phi) is 4.46. The molecular formula is C14H24BNO2. The van der Waals surface area contributed by atoms with Crippen molar-refractivity contribution in [3.8, 4) is 0 Å². The van der Waals surface area contributed by atoms with Crippen molar-refractivity contribution < 1.29 is 9.31 Å². The van der Waals surface area contributed by atoms with E-state index in [1.54, 1.807) is 0 Å². The molecular weight excluding hydrogens is 225 g/mol. The van der Waals surface area contributed by atoms with Crippen LogP contribution in [0, 0.1) is 0 Å². The summed E-state index contributed by atoms with van der Waals surface area (Å²) in [5.41, 5.74) is 6.84. The van der Waals surface area contributed by atoms with Gasteiger partial charge in [0.1, 0.15) is 0 Å². The van der Waals surface area contributed by atoms with Crippen LogP contribution < -0.4 is 11.2 Å². The van der Waals surface area contributed by atoms with E-state index in [2.05, 4.69) is 0 Å². The van der Waals surface area contributed by atoms with Gasteiger partial charge in [-0.2, -0.15) is 0 Å². The lowest BCUT2D eigenvalue weighted by Crippen LogP contribution is -2.41. The molecule has 2 rings (SSSR count). The molecule has 18 heavy (non-hydrogen) atoms. The van der Waals surface area contributed by atoms with Gasteiger partial charge in [0.2, 0.25) is 0 Å². The van der Waals surface area contributed by atoms with Gasteiger partial charge in [0, 0.05) is 5.69 Å². The number of benzene rings is 1.